The van der Waals surface area contributed by atoms with E-state index in [-0.39, 0.29) is 17.5 Å². The average molecular weight is 312 g/mol. The second-order valence-corrected chi connectivity index (χ2v) is 6.83. The summed E-state index contributed by atoms with van der Waals surface area (Å²) in [4.78, 5) is 0.181. The predicted molar refractivity (Wildman–Crippen MR) is 85.0 cm³/mol. The second-order valence-electron chi connectivity index (χ2n) is 4.97. The van der Waals surface area contributed by atoms with E-state index in [4.69, 9.17) is 4.74 Å². The van der Waals surface area contributed by atoms with Gasteiger partial charge in [-0.15, -0.1) is 6.58 Å². The molecule has 0 saturated heterocycles. The van der Waals surface area contributed by atoms with Crippen molar-refractivity contribution in [3.05, 3.63) is 36.4 Å². The Balaban J connectivity index is 3.32. The number of rotatable bonds is 8. The van der Waals surface area contributed by atoms with Gasteiger partial charge >= 0.3 is 0 Å². The minimum absolute atomic E-state index is 0.158. The smallest absolute Gasteiger partial charge is 0.247 e. The van der Waals surface area contributed by atoms with E-state index in [0.29, 0.717) is 12.3 Å². The van der Waals surface area contributed by atoms with Crippen molar-refractivity contribution in [2.24, 2.45) is 0 Å². The van der Waals surface area contributed by atoms with Gasteiger partial charge in [0.25, 0.3) is 0 Å². The summed E-state index contributed by atoms with van der Waals surface area (Å²) in [7, 11) is -0.308. The lowest BCUT2D eigenvalue weighted by Gasteiger charge is -2.25. The first-order valence-corrected chi connectivity index (χ1v) is 8.26. The molecule has 0 amide bonds. The molecule has 0 atom stereocenters. The molecule has 0 unspecified atom stereocenters. The first-order chi connectivity index (χ1) is 9.88. The maximum Gasteiger partial charge on any atom is 0.247 e. The van der Waals surface area contributed by atoms with Gasteiger partial charge in [-0.3, -0.25) is 0 Å². The average Bonchev–Trinajstić information content (AvgIpc) is 2.44. The molecule has 0 aliphatic rings. The highest BCUT2D eigenvalue weighted by Gasteiger charge is 2.29. The molecule has 6 heteroatoms. The maximum absolute atomic E-state index is 12.8. The van der Waals surface area contributed by atoms with Crippen molar-refractivity contribution in [1.82, 2.24) is 9.62 Å². The molecule has 0 fully saturated rings. The summed E-state index contributed by atoms with van der Waals surface area (Å²) in [5, 5.41) is 3.03. The normalized spacial score (nSPS) is 11.9. The van der Waals surface area contributed by atoms with Gasteiger partial charge in [0.1, 0.15) is 10.6 Å². The van der Waals surface area contributed by atoms with E-state index in [0.717, 1.165) is 5.56 Å². The van der Waals surface area contributed by atoms with Crippen molar-refractivity contribution >= 4 is 10.0 Å². The van der Waals surface area contributed by atoms with Crippen molar-refractivity contribution in [2.45, 2.75) is 31.3 Å². The lowest BCUT2D eigenvalue weighted by atomic mass is 10.2. The van der Waals surface area contributed by atoms with Gasteiger partial charge in [-0.1, -0.05) is 12.1 Å². The van der Waals surface area contributed by atoms with Crippen LogP contribution < -0.4 is 10.1 Å². The van der Waals surface area contributed by atoms with E-state index in [9.17, 15) is 8.42 Å². The van der Waals surface area contributed by atoms with Crippen LogP contribution in [-0.4, -0.2) is 39.5 Å². The second kappa shape index (κ2) is 7.59. The number of nitrogens with one attached hydrogen (secondary N) is 1. The summed E-state index contributed by atoms with van der Waals surface area (Å²) in [6, 6.07) is 4.97. The third-order valence-corrected chi connectivity index (χ3v) is 5.16. The zero-order valence-corrected chi connectivity index (χ0v) is 13.9. The van der Waals surface area contributed by atoms with Crippen LogP contribution in [0.2, 0.25) is 0 Å². The zero-order chi connectivity index (χ0) is 16.0. The molecule has 0 aliphatic carbocycles. The standard InChI is InChI=1S/C15H24N2O3S/c1-6-9-17(12(2)3)21(18,19)15-8-7-13(11-16-4)10-14(15)20-5/h6-8,10,12,16H,1,9,11H2,2-5H3. The lowest BCUT2D eigenvalue weighted by Crippen LogP contribution is -2.37. The Bertz CT molecular complexity index is 583. The summed E-state index contributed by atoms with van der Waals surface area (Å²) in [5.41, 5.74) is 0.966. The third kappa shape index (κ3) is 4.06. The van der Waals surface area contributed by atoms with Gasteiger partial charge in [-0.25, -0.2) is 8.42 Å². The first kappa shape index (κ1) is 17.7. The number of hydrogen-bond acceptors (Lipinski definition) is 4. The SMILES string of the molecule is C=CCN(C(C)C)S(=O)(=O)c1ccc(CNC)cc1OC. The largest absolute Gasteiger partial charge is 0.495 e. The van der Waals surface area contributed by atoms with Crippen LogP contribution >= 0.6 is 0 Å². The van der Waals surface area contributed by atoms with Crippen molar-refractivity contribution in [1.29, 1.82) is 0 Å². The highest BCUT2D eigenvalue weighted by molar-refractivity contribution is 7.89. The van der Waals surface area contributed by atoms with Gasteiger partial charge in [-0.2, -0.15) is 4.31 Å². The summed E-state index contributed by atoms with van der Waals surface area (Å²) >= 11 is 0. The number of nitrogens with zero attached hydrogens (tertiary/aromatic N) is 1. The van der Waals surface area contributed by atoms with Gasteiger partial charge in [-0.05, 0) is 38.6 Å². The molecule has 21 heavy (non-hydrogen) atoms. The zero-order valence-electron chi connectivity index (χ0n) is 13.1. The molecule has 0 radical (unpaired) electrons. The molecule has 0 saturated carbocycles. The molecule has 0 heterocycles. The van der Waals surface area contributed by atoms with Gasteiger partial charge in [0, 0.05) is 19.1 Å². The van der Waals surface area contributed by atoms with Crippen LogP contribution in [0.15, 0.2) is 35.7 Å². The maximum atomic E-state index is 12.8. The summed E-state index contributed by atoms with van der Waals surface area (Å²) in [5.74, 6) is 0.359. The number of ether oxygens (including phenoxy) is 1. The number of hydrogen-bond donors (Lipinski definition) is 1. The molecule has 0 aliphatic heterocycles. The van der Waals surface area contributed by atoms with Crippen LogP contribution in [0.25, 0.3) is 0 Å². The van der Waals surface area contributed by atoms with E-state index in [1.807, 2.05) is 20.9 Å². The minimum Gasteiger partial charge on any atom is -0.495 e. The van der Waals surface area contributed by atoms with Gasteiger partial charge in [0.05, 0.1) is 7.11 Å². The quantitative estimate of drug-likeness (QED) is 0.746. The van der Waals surface area contributed by atoms with E-state index in [1.54, 1.807) is 24.3 Å². The Morgan fingerprint density at radius 3 is 2.57 bits per heavy atom. The van der Waals surface area contributed by atoms with Gasteiger partial charge in [0.2, 0.25) is 10.0 Å². The molecule has 1 aromatic carbocycles. The Morgan fingerprint density at radius 1 is 1.43 bits per heavy atom. The molecule has 118 valence electrons. The van der Waals surface area contributed by atoms with Crippen LogP contribution in [0, 0.1) is 0 Å². The fraction of sp³-hybridized carbons (Fsp3) is 0.467. The van der Waals surface area contributed by atoms with Crippen LogP contribution in [0.4, 0.5) is 0 Å². The number of methoxy groups -OCH3 is 1. The number of benzene rings is 1. The molecule has 1 aromatic rings. The molecule has 0 aromatic heterocycles. The molecule has 0 bridgehead atoms. The van der Waals surface area contributed by atoms with Crippen LogP contribution in [0.3, 0.4) is 0 Å². The van der Waals surface area contributed by atoms with Gasteiger partial charge < -0.3 is 10.1 Å². The Morgan fingerprint density at radius 2 is 2.10 bits per heavy atom. The van der Waals surface area contributed by atoms with Crippen LogP contribution in [0.1, 0.15) is 19.4 Å². The molecular weight excluding hydrogens is 288 g/mol. The topological polar surface area (TPSA) is 58.6 Å². The van der Waals surface area contributed by atoms with Crippen molar-refractivity contribution in [3.8, 4) is 5.75 Å². The van der Waals surface area contributed by atoms with Crippen molar-refractivity contribution in [2.75, 3.05) is 20.7 Å². The predicted octanol–water partition coefficient (Wildman–Crippen LogP) is 2.00. The molecule has 0 spiro atoms. The van der Waals surface area contributed by atoms with Gasteiger partial charge in [0.15, 0.2) is 0 Å². The summed E-state index contributed by atoms with van der Waals surface area (Å²) in [6.07, 6.45) is 1.58. The highest BCUT2D eigenvalue weighted by atomic mass is 32.2. The van der Waals surface area contributed by atoms with Crippen molar-refractivity contribution in [3.63, 3.8) is 0 Å². The van der Waals surface area contributed by atoms with E-state index in [2.05, 4.69) is 11.9 Å². The Kier molecular flexibility index (Phi) is 6.39. The fourth-order valence-corrected chi connectivity index (χ4v) is 3.83. The van der Waals surface area contributed by atoms with E-state index >= 15 is 0 Å². The first-order valence-electron chi connectivity index (χ1n) is 6.82. The Hall–Kier alpha value is -1.37. The molecular formula is C15H24N2O3S. The minimum atomic E-state index is -3.62. The van der Waals surface area contributed by atoms with Crippen LogP contribution in [-0.2, 0) is 16.6 Å². The Labute approximate surface area is 127 Å². The highest BCUT2D eigenvalue weighted by Crippen LogP contribution is 2.28. The lowest BCUT2D eigenvalue weighted by molar-refractivity contribution is 0.372. The summed E-state index contributed by atoms with van der Waals surface area (Å²) in [6.45, 7) is 8.21. The monoisotopic (exact) mass is 312 g/mol. The molecule has 5 nitrogen and oxygen atoms in total. The summed E-state index contributed by atoms with van der Waals surface area (Å²) < 4.78 is 32.3. The third-order valence-electron chi connectivity index (χ3n) is 3.08. The number of sulfonamides is 1. The molecule has 1 rings (SSSR count). The molecule has 1 N–H and O–H groups in total. The fourth-order valence-electron chi connectivity index (χ4n) is 2.08. The van der Waals surface area contributed by atoms with Crippen molar-refractivity contribution < 1.29 is 13.2 Å². The van der Waals surface area contributed by atoms with E-state index < -0.39 is 10.0 Å². The van der Waals surface area contributed by atoms with E-state index in [1.165, 1.54) is 11.4 Å². The van der Waals surface area contributed by atoms with Crippen LogP contribution in [0.5, 0.6) is 5.75 Å².